The van der Waals surface area contributed by atoms with Gasteiger partial charge >= 0.3 is 0 Å². The minimum Gasteiger partial charge on any atom is -0.0683 e. The molecule has 2 aliphatic carbocycles. The summed E-state index contributed by atoms with van der Waals surface area (Å²) in [7, 11) is 0. The van der Waals surface area contributed by atoms with Crippen LogP contribution in [0, 0.1) is 17.8 Å². The van der Waals surface area contributed by atoms with Crippen LogP contribution in [0.1, 0.15) is 85.0 Å². The molecule has 3 unspecified atom stereocenters. The van der Waals surface area contributed by atoms with Crippen LogP contribution in [0.3, 0.4) is 0 Å². The summed E-state index contributed by atoms with van der Waals surface area (Å²) in [6, 6.07) is 0. The maximum absolute atomic E-state index is 2.33. The van der Waals surface area contributed by atoms with E-state index in [1.807, 2.05) is 13.8 Å². The second kappa shape index (κ2) is 8.14. The van der Waals surface area contributed by atoms with Crippen LogP contribution in [-0.2, 0) is 0 Å². The van der Waals surface area contributed by atoms with E-state index in [1.165, 1.54) is 32.1 Å². The van der Waals surface area contributed by atoms with Gasteiger partial charge in [-0.25, -0.2) is 0 Å². The van der Waals surface area contributed by atoms with Crippen molar-refractivity contribution >= 4 is 0 Å². The fourth-order valence-corrected chi connectivity index (χ4v) is 3.73. The SMILES string of the molecule is CC.CCCCC1CCC2CCCCC2C1. The van der Waals surface area contributed by atoms with Crippen molar-refractivity contribution in [3.05, 3.63) is 0 Å². The van der Waals surface area contributed by atoms with Crippen LogP contribution in [0.25, 0.3) is 0 Å². The van der Waals surface area contributed by atoms with Gasteiger partial charge < -0.3 is 0 Å². The standard InChI is InChI=1S/C14H26.C2H6/c1-2-3-6-12-9-10-13-7-4-5-8-14(13)11-12;1-2/h12-14H,2-11H2,1H3;1-2H3. The lowest BCUT2D eigenvalue weighted by Gasteiger charge is -2.39. The first-order chi connectivity index (χ1) is 7.90. The molecule has 0 heteroatoms. The van der Waals surface area contributed by atoms with E-state index >= 15 is 0 Å². The Kier molecular flexibility index (Phi) is 7.16. The smallest absolute Gasteiger partial charge is 0.0383 e. The molecule has 0 aliphatic heterocycles. The zero-order valence-electron chi connectivity index (χ0n) is 11.8. The quantitative estimate of drug-likeness (QED) is 0.567. The Bertz CT molecular complexity index is 161. The Morgan fingerprint density at radius 3 is 2.25 bits per heavy atom. The molecule has 0 aromatic heterocycles. The van der Waals surface area contributed by atoms with Crippen LogP contribution in [-0.4, -0.2) is 0 Å². The van der Waals surface area contributed by atoms with E-state index in [-0.39, 0.29) is 0 Å². The Morgan fingerprint density at radius 1 is 0.875 bits per heavy atom. The molecule has 0 nitrogen and oxygen atoms in total. The van der Waals surface area contributed by atoms with Crippen molar-refractivity contribution in [2.45, 2.75) is 85.0 Å². The molecule has 0 aromatic rings. The van der Waals surface area contributed by atoms with Gasteiger partial charge in [-0.2, -0.15) is 0 Å². The summed E-state index contributed by atoms with van der Waals surface area (Å²) in [5.74, 6) is 3.38. The lowest BCUT2D eigenvalue weighted by Crippen LogP contribution is -2.27. The van der Waals surface area contributed by atoms with Gasteiger partial charge in [-0.15, -0.1) is 0 Å². The van der Waals surface area contributed by atoms with Crippen molar-refractivity contribution < 1.29 is 0 Å². The molecule has 0 heterocycles. The van der Waals surface area contributed by atoms with E-state index in [2.05, 4.69) is 6.92 Å². The molecule has 2 aliphatic rings. The second-order valence-corrected chi connectivity index (χ2v) is 5.63. The Morgan fingerprint density at radius 2 is 1.56 bits per heavy atom. The number of unbranched alkanes of at least 4 members (excludes halogenated alkanes) is 1. The number of fused-ring (bicyclic) bond motifs is 1. The molecular weight excluding hydrogens is 192 g/mol. The van der Waals surface area contributed by atoms with Gasteiger partial charge in [0.05, 0.1) is 0 Å². The first kappa shape index (κ1) is 14.1. The van der Waals surface area contributed by atoms with Gasteiger partial charge in [-0.3, -0.25) is 0 Å². The molecule has 16 heavy (non-hydrogen) atoms. The third kappa shape index (κ3) is 4.11. The average molecular weight is 224 g/mol. The molecule has 0 spiro atoms. The third-order valence-corrected chi connectivity index (χ3v) is 4.61. The second-order valence-electron chi connectivity index (χ2n) is 5.63. The molecule has 0 aromatic carbocycles. The first-order valence-corrected chi connectivity index (χ1v) is 7.90. The van der Waals surface area contributed by atoms with E-state index in [1.54, 1.807) is 32.1 Å². The summed E-state index contributed by atoms with van der Waals surface area (Å²) in [5.41, 5.74) is 0. The predicted octanol–water partition coefficient (Wildman–Crippen LogP) is 5.81. The summed E-state index contributed by atoms with van der Waals surface area (Å²) in [6.07, 6.45) is 15.3. The van der Waals surface area contributed by atoms with Crippen LogP contribution >= 0.6 is 0 Å². The summed E-state index contributed by atoms with van der Waals surface area (Å²) >= 11 is 0. The molecule has 96 valence electrons. The molecule has 0 radical (unpaired) electrons. The monoisotopic (exact) mass is 224 g/mol. The van der Waals surface area contributed by atoms with Gasteiger partial charge in [0, 0.05) is 0 Å². The van der Waals surface area contributed by atoms with Gasteiger partial charge in [-0.05, 0) is 30.6 Å². The molecule has 3 atom stereocenters. The molecule has 0 amide bonds. The van der Waals surface area contributed by atoms with Crippen LogP contribution in [0.15, 0.2) is 0 Å². The highest BCUT2D eigenvalue weighted by Crippen LogP contribution is 2.43. The molecule has 0 N–H and O–H groups in total. The predicted molar refractivity (Wildman–Crippen MR) is 73.7 cm³/mol. The van der Waals surface area contributed by atoms with Gasteiger partial charge in [0.2, 0.25) is 0 Å². The Hall–Kier alpha value is 0. The Balaban J connectivity index is 0.000000606. The van der Waals surface area contributed by atoms with Crippen molar-refractivity contribution in [1.82, 2.24) is 0 Å². The maximum atomic E-state index is 2.33. The molecular formula is C16H32. The summed E-state index contributed by atoms with van der Waals surface area (Å²) in [6.45, 7) is 6.33. The summed E-state index contributed by atoms with van der Waals surface area (Å²) < 4.78 is 0. The maximum Gasteiger partial charge on any atom is -0.0383 e. The lowest BCUT2D eigenvalue weighted by molar-refractivity contribution is 0.124. The first-order valence-electron chi connectivity index (χ1n) is 7.90. The number of hydrogen-bond acceptors (Lipinski definition) is 0. The van der Waals surface area contributed by atoms with Gasteiger partial charge in [0.25, 0.3) is 0 Å². The molecule has 0 bridgehead atoms. The van der Waals surface area contributed by atoms with Crippen LogP contribution in [0.2, 0.25) is 0 Å². The van der Waals surface area contributed by atoms with Crippen molar-refractivity contribution in [2.24, 2.45) is 17.8 Å². The number of hydrogen-bond donors (Lipinski definition) is 0. The van der Waals surface area contributed by atoms with Gasteiger partial charge in [0.15, 0.2) is 0 Å². The van der Waals surface area contributed by atoms with Gasteiger partial charge in [-0.1, -0.05) is 72.1 Å². The fourth-order valence-electron chi connectivity index (χ4n) is 3.73. The largest absolute Gasteiger partial charge is 0.0683 e. The highest BCUT2D eigenvalue weighted by Gasteiger charge is 2.31. The molecule has 2 fully saturated rings. The lowest BCUT2D eigenvalue weighted by atomic mass is 9.67. The zero-order chi connectivity index (χ0) is 11.8. The van der Waals surface area contributed by atoms with Crippen molar-refractivity contribution in [3.8, 4) is 0 Å². The van der Waals surface area contributed by atoms with E-state index in [0.29, 0.717) is 0 Å². The number of rotatable bonds is 3. The topological polar surface area (TPSA) is 0 Å². The van der Waals surface area contributed by atoms with E-state index < -0.39 is 0 Å². The van der Waals surface area contributed by atoms with E-state index in [0.717, 1.165) is 17.8 Å². The molecule has 2 rings (SSSR count). The van der Waals surface area contributed by atoms with Crippen LogP contribution in [0.4, 0.5) is 0 Å². The van der Waals surface area contributed by atoms with E-state index in [4.69, 9.17) is 0 Å². The normalized spacial score (nSPS) is 33.6. The van der Waals surface area contributed by atoms with Crippen molar-refractivity contribution in [1.29, 1.82) is 0 Å². The summed E-state index contributed by atoms with van der Waals surface area (Å²) in [4.78, 5) is 0. The minimum atomic E-state index is 1.11. The Labute approximate surface area is 103 Å². The molecule has 0 saturated heterocycles. The van der Waals surface area contributed by atoms with E-state index in [9.17, 15) is 0 Å². The highest BCUT2D eigenvalue weighted by atomic mass is 14.4. The van der Waals surface area contributed by atoms with Gasteiger partial charge in [0.1, 0.15) is 0 Å². The third-order valence-electron chi connectivity index (χ3n) is 4.61. The highest BCUT2D eigenvalue weighted by molar-refractivity contribution is 4.82. The van der Waals surface area contributed by atoms with Crippen molar-refractivity contribution in [3.63, 3.8) is 0 Å². The van der Waals surface area contributed by atoms with Crippen LogP contribution in [0.5, 0.6) is 0 Å². The summed E-state index contributed by atoms with van der Waals surface area (Å²) in [5, 5.41) is 0. The van der Waals surface area contributed by atoms with Crippen molar-refractivity contribution in [2.75, 3.05) is 0 Å². The minimum absolute atomic E-state index is 1.11. The molecule has 2 saturated carbocycles. The zero-order valence-corrected chi connectivity index (χ0v) is 11.8. The average Bonchev–Trinajstić information content (AvgIpc) is 2.38. The fraction of sp³-hybridized carbons (Fsp3) is 1.00. The van der Waals surface area contributed by atoms with Crippen LogP contribution < -0.4 is 0 Å².